The van der Waals surface area contributed by atoms with Crippen LogP contribution in [0, 0.1) is 6.92 Å². The van der Waals surface area contributed by atoms with Crippen LogP contribution in [-0.2, 0) is 0 Å². The molecule has 0 amide bonds. The van der Waals surface area contributed by atoms with E-state index in [9.17, 15) is 0 Å². The Labute approximate surface area is 192 Å². The molecule has 2 aromatic carbocycles. The zero-order chi connectivity index (χ0) is 21.4. The Kier molecular flexibility index (Phi) is 5.22. The number of rotatable bonds is 4. The molecule has 1 N–H and O–H groups in total. The molecule has 1 fully saturated rings. The molecule has 0 aliphatic carbocycles. The van der Waals surface area contributed by atoms with Gasteiger partial charge in [-0.2, -0.15) is 0 Å². The Balaban J connectivity index is 1.66. The monoisotopic (exact) mass is 444 g/mol. The molecule has 1 aliphatic heterocycles. The van der Waals surface area contributed by atoms with Gasteiger partial charge in [-0.05, 0) is 79.8 Å². The summed E-state index contributed by atoms with van der Waals surface area (Å²) in [5.41, 5.74) is 5.40. The predicted octanol–water partition coefficient (Wildman–Crippen LogP) is 6.01. The summed E-state index contributed by atoms with van der Waals surface area (Å²) in [6.07, 6.45) is 3.91. The molecule has 154 valence electrons. The fourth-order valence-corrected chi connectivity index (χ4v) is 4.58. The molecule has 4 aromatic rings. The first-order valence-electron chi connectivity index (χ1n) is 10.1. The van der Waals surface area contributed by atoms with E-state index >= 15 is 0 Å². The van der Waals surface area contributed by atoms with E-state index in [0.29, 0.717) is 10.1 Å². The van der Waals surface area contributed by atoms with Crippen LogP contribution < -0.4 is 10.2 Å². The van der Waals surface area contributed by atoms with Crippen LogP contribution in [0.25, 0.3) is 5.69 Å². The van der Waals surface area contributed by atoms with Gasteiger partial charge in [-0.25, -0.2) is 0 Å². The van der Waals surface area contributed by atoms with Crippen LogP contribution in [0.1, 0.15) is 29.0 Å². The highest BCUT2D eigenvalue weighted by Gasteiger charge is 2.42. The first-order valence-corrected chi connectivity index (χ1v) is 10.9. The van der Waals surface area contributed by atoms with Crippen molar-refractivity contribution in [1.29, 1.82) is 0 Å². The topological polar surface area (TPSA) is 33.1 Å². The van der Waals surface area contributed by atoms with E-state index in [0.717, 1.165) is 22.8 Å². The number of halogens is 1. The second-order valence-corrected chi connectivity index (χ2v) is 8.43. The Bertz CT molecular complexity index is 1200. The van der Waals surface area contributed by atoms with Gasteiger partial charge in [-0.15, -0.1) is 0 Å². The van der Waals surface area contributed by atoms with Crippen molar-refractivity contribution in [2.75, 3.05) is 4.90 Å². The highest BCUT2D eigenvalue weighted by Crippen LogP contribution is 2.42. The third kappa shape index (κ3) is 3.71. The number of hydrogen-bond donors (Lipinski definition) is 1. The summed E-state index contributed by atoms with van der Waals surface area (Å²) in [4.78, 5) is 6.79. The van der Waals surface area contributed by atoms with Crippen molar-refractivity contribution in [2.24, 2.45) is 0 Å². The maximum atomic E-state index is 6.15. The molecule has 0 unspecified atom stereocenters. The Morgan fingerprint density at radius 2 is 1.65 bits per heavy atom. The van der Waals surface area contributed by atoms with Crippen molar-refractivity contribution in [3.8, 4) is 5.69 Å². The lowest BCUT2D eigenvalue weighted by Crippen LogP contribution is -2.30. The Morgan fingerprint density at radius 1 is 0.903 bits per heavy atom. The molecular formula is C25H21ClN4S. The number of anilines is 1. The van der Waals surface area contributed by atoms with Crippen molar-refractivity contribution >= 4 is 34.6 Å². The standard InChI is InChI=1S/C25H21ClN4S/c1-17-7-11-19(12-8-17)29-16-4-6-22(29)24-23(21-5-2-3-15-27-21)28-25(31)30(24)20-13-9-18(26)10-14-20/h2-16,23-24H,1H3,(H,28,31)/t23-,24+/m0/s1. The van der Waals surface area contributed by atoms with E-state index in [4.69, 9.17) is 23.8 Å². The SMILES string of the molecule is Cc1ccc(-n2cccc2[C@@H]2[C@H](c3ccccn3)NC(=S)N2c2ccc(Cl)cc2)cc1. The second kappa shape index (κ2) is 8.17. The third-order valence-electron chi connectivity index (χ3n) is 5.60. The fraction of sp³-hybridized carbons (Fsp3) is 0.120. The van der Waals surface area contributed by atoms with Gasteiger partial charge in [0, 0.05) is 34.5 Å². The summed E-state index contributed by atoms with van der Waals surface area (Å²) in [6, 6.07) is 26.4. The maximum Gasteiger partial charge on any atom is 0.174 e. The highest BCUT2D eigenvalue weighted by molar-refractivity contribution is 7.80. The largest absolute Gasteiger partial charge is 0.351 e. The Hall–Kier alpha value is -3.15. The molecule has 31 heavy (non-hydrogen) atoms. The number of hydrogen-bond acceptors (Lipinski definition) is 2. The summed E-state index contributed by atoms with van der Waals surface area (Å²) in [5.74, 6) is 0. The van der Waals surface area contributed by atoms with Gasteiger partial charge in [0.05, 0.1) is 11.7 Å². The van der Waals surface area contributed by atoms with Gasteiger partial charge >= 0.3 is 0 Å². The van der Waals surface area contributed by atoms with Crippen LogP contribution in [0.2, 0.25) is 5.02 Å². The summed E-state index contributed by atoms with van der Waals surface area (Å²) >= 11 is 12.0. The molecule has 3 heterocycles. The van der Waals surface area contributed by atoms with E-state index in [1.165, 1.54) is 5.56 Å². The quantitative estimate of drug-likeness (QED) is 0.391. The average Bonchev–Trinajstić information content (AvgIpc) is 3.40. The molecule has 0 saturated carbocycles. The van der Waals surface area contributed by atoms with Crippen LogP contribution in [0.5, 0.6) is 0 Å². The number of pyridine rings is 1. The van der Waals surface area contributed by atoms with E-state index in [2.05, 4.69) is 69.3 Å². The van der Waals surface area contributed by atoms with Crippen LogP contribution >= 0.6 is 23.8 Å². The van der Waals surface area contributed by atoms with E-state index in [-0.39, 0.29) is 12.1 Å². The predicted molar refractivity (Wildman–Crippen MR) is 130 cm³/mol. The van der Waals surface area contributed by atoms with Gasteiger partial charge < -0.3 is 14.8 Å². The van der Waals surface area contributed by atoms with Crippen molar-refractivity contribution in [3.63, 3.8) is 0 Å². The summed E-state index contributed by atoms with van der Waals surface area (Å²) in [7, 11) is 0. The summed E-state index contributed by atoms with van der Waals surface area (Å²) < 4.78 is 2.22. The van der Waals surface area contributed by atoms with Gasteiger partial charge in [-0.3, -0.25) is 4.98 Å². The number of nitrogens with zero attached hydrogens (tertiary/aromatic N) is 3. The van der Waals surface area contributed by atoms with Gasteiger partial charge in [0.1, 0.15) is 6.04 Å². The summed E-state index contributed by atoms with van der Waals surface area (Å²) in [6.45, 7) is 2.10. The molecule has 2 atom stereocenters. The molecule has 6 heteroatoms. The highest BCUT2D eigenvalue weighted by atomic mass is 35.5. The fourth-order valence-electron chi connectivity index (χ4n) is 4.11. The van der Waals surface area contributed by atoms with E-state index in [1.807, 2.05) is 48.7 Å². The minimum Gasteiger partial charge on any atom is -0.351 e. The molecule has 5 rings (SSSR count). The smallest absolute Gasteiger partial charge is 0.174 e. The Morgan fingerprint density at radius 3 is 2.35 bits per heavy atom. The first-order chi connectivity index (χ1) is 15.1. The molecular weight excluding hydrogens is 424 g/mol. The van der Waals surface area contributed by atoms with Gasteiger partial charge in [0.25, 0.3) is 0 Å². The van der Waals surface area contributed by atoms with E-state index in [1.54, 1.807) is 0 Å². The van der Waals surface area contributed by atoms with Crippen molar-refractivity contribution in [2.45, 2.75) is 19.0 Å². The number of nitrogens with one attached hydrogen (secondary N) is 1. The molecule has 0 spiro atoms. The van der Waals surface area contributed by atoms with Gasteiger partial charge in [-0.1, -0.05) is 35.4 Å². The first kappa shape index (κ1) is 19.8. The van der Waals surface area contributed by atoms with Crippen LogP contribution in [0.15, 0.2) is 91.3 Å². The minimum absolute atomic E-state index is 0.0834. The maximum absolute atomic E-state index is 6.15. The van der Waals surface area contributed by atoms with Crippen molar-refractivity contribution in [3.05, 3.63) is 113 Å². The molecule has 0 bridgehead atoms. The molecule has 4 nitrogen and oxygen atoms in total. The van der Waals surface area contributed by atoms with Crippen molar-refractivity contribution < 1.29 is 0 Å². The lowest BCUT2D eigenvalue weighted by molar-refractivity contribution is 0.549. The van der Waals surface area contributed by atoms with Crippen LogP contribution in [0.4, 0.5) is 5.69 Å². The lowest BCUT2D eigenvalue weighted by Gasteiger charge is -2.29. The number of thiocarbonyl (C=S) groups is 1. The van der Waals surface area contributed by atoms with E-state index < -0.39 is 0 Å². The lowest BCUT2D eigenvalue weighted by atomic mass is 10.0. The zero-order valence-electron chi connectivity index (χ0n) is 16.9. The average molecular weight is 445 g/mol. The second-order valence-electron chi connectivity index (χ2n) is 7.61. The molecule has 2 aromatic heterocycles. The van der Waals surface area contributed by atoms with Crippen LogP contribution in [-0.4, -0.2) is 14.7 Å². The normalized spacial score (nSPS) is 18.3. The van der Waals surface area contributed by atoms with Crippen LogP contribution in [0.3, 0.4) is 0 Å². The van der Waals surface area contributed by atoms with Gasteiger partial charge in [0.2, 0.25) is 0 Å². The minimum atomic E-state index is -0.0940. The zero-order valence-corrected chi connectivity index (χ0v) is 18.5. The van der Waals surface area contributed by atoms with Gasteiger partial charge in [0.15, 0.2) is 5.11 Å². The molecule has 1 aliphatic rings. The number of aryl methyl sites for hydroxylation is 1. The third-order valence-corrected chi connectivity index (χ3v) is 6.16. The molecule has 0 radical (unpaired) electrons. The number of aromatic nitrogens is 2. The summed E-state index contributed by atoms with van der Waals surface area (Å²) in [5, 5.41) is 4.87. The molecule has 1 saturated heterocycles. The number of benzene rings is 2. The van der Waals surface area contributed by atoms with Crippen molar-refractivity contribution in [1.82, 2.24) is 14.9 Å².